The van der Waals surface area contributed by atoms with Crippen molar-refractivity contribution in [3.63, 3.8) is 0 Å². The van der Waals surface area contributed by atoms with E-state index in [1.54, 1.807) is 0 Å². The van der Waals surface area contributed by atoms with Crippen molar-refractivity contribution in [1.82, 2.24) is 4.31 Å². The molecule has 0 radical (unpaired) electrons. The van der Waals surface area contributed by atoms with E-state index in [0.717, 1.165) is 12.5 Å². The molecule has 0 aliphatic carbocycles. The molecule has 0 spiro atoms. The topological polar surface area (TPSA) is 83.6 Å². The molecule has 21 heavy (non-hydrogen) atoms. The fourth-order valence-electron chi connectivity index (χ4n) is 2.57. The van der Waals surface area contributed by atoms with Crippen molar-refractivity contribution in [2.24, 2.45) is 5.92 Å². The first-order valence-electron chi connectivity index (χ1n) is 6.71. The highest BCUT2D eigenvalue weighted by atomic mass is 35.5. The fourth-order valence-corrected chi connectivity index (χ4v) is 4.53. The number of hydrogen-bond acceptors (Lipinski definition) is 4. The molecule has 8 heteroatoms. The molecule has 1 aromatic rings. The van der Waals surface area contributed by atoms with Crippen molar-refractivity contribution < 1.29 is 17.9 Å². The van der Waals surface area contributed by atoms with Crippen LogP contribution in [0.15, 0.2) is 17.0 Å². The van der Waals surface area contributed by atoms with E-state index in [9.17, 15) is 12.8 Å². The van der Waals surface area contributed by atoms with Crippen molar-refractivity contribution in [1.29, 1.82) is 0 Å². The standard InChI is InChI=1S/C13H18ClFN2O3S/c14-11-6-10(16)7-12(13(11)15)21(19,20)17-4-1-2-9(8-17)3-5-18/h6-7,9,18H,1-5,8,16H2. The van der Waals surface area contributed by atoms with Crippen LogP contribution in [0.3, 0.4) is 0 Å². The molecule has 3 N–H and O–H groups in total. The molecule has 1 aliphatic heterocycles. The van der Waals surface area contributed by atoms with Gasteiger partial charge >= 0.3 is 0 Å². The van der Waals surface area contributed by atoms with Crippen LogP contribution in [0, 0.1) is 11.7 Å². The van der Waals surface area contributed by atoms with Crippen LogP contribution in [0.2, 0.25) is 5.02 Å². The van der Waals surface area contributed by atoms with E-state index in [2.05, 4.69) is 0 Å². The van der Waals surface area contributed by atoms with Crippen molar-refractivity contribution in [3.8, 4) is 0 Å². The molecule has 1 fully saturated rings. The van der Waals surface area contributed by atoms with E-state index in [1.807, 2.05) is 0 Å². The van der Waals surface area contributed by atoms with Crippen LogP contribution in [0.25, 0.3) is 0 Å². The summed E-state index contributed by atoms with van der Waals surface area (Å²) in [5.74, 6) is -0.895. The Morgan fingerprint density at radius 3 is 2.86 bits per heavy atom. The van der Waals surface area contributed by atoms with E-state index in [0.29, 0.717) is 19.4 Å². The SMILES string of the molecule is Nc1cc(Cl)c(F)c(S(=O)(=O)N2CCCC(CCO)C2)c1. The van der Waals surface area contributed by atoms with Gasteiger partial charge < -0.3 is 10.8 Å². The van der Waals surface area contributed by atoms with Gasteiger partial charge in [-0.2, -0.15) is 4.31 Å². The molecule has 0 saturated carbocycles. The van der Waals surface area contributed by atoms with Crippen LogP contribution in [0.1, 0.15) is 19.3 Å². The zero-order chi connectivity index (χ0) is 15.6. The highest BCUT2D eigenvalue weighted by Crippen LogP contribution is 2.30. The number of sulfonamides is 1. The maximum atomic E-state index is 14.0. The zero-order valence-electron chi connectivity index (χ0n) is 11.4. The lowest BCUT2D eigenvalue weighted by atomic mass is 9.97. The van der Waals surface area contributed by atoms with Crippen LogP contribution in [-0.4, -0.2) is 37.5 Å². The maximum absolute atomic E-state index is 14.0. The number of benzene rings is 1. The van der Waals surface area contributed by atoms with Crippen molar-refractivity contribution in [2.45, 2.75) is 24.2 Å². The van der Waals surface area contributed by atoms with Gasteiger partial charge in [-0.25, -0.2) is 12.8 Å². The van der Waals surface area contributed by atoms with Crippen molar-refractivity contribution in [3.05, 3.63) is 23.0 Å². The summed E-state index contributed by atoms with van der Waals surface area (Å²) in [7, 11) is -3.98. The molecular weight excluding hydrogens is 319 g/mol. The first-order valence-corrected chi connectivity index (χ1v) is 8.53. The summed E-state index contributed by atoms with van der Waals surface area (Å²) in [6.45, 7) is 0.613. The fraction of sp³-hybridized carbons (Fsp3) is 0.538. The second kappa shape index (κ2) is 6.48. The Morgan fingerprint density at radius 2 is 2.19 bits per heavy atom. The van der Waals surface area contributed by atoms with E-state index < -0.39 is 20.7 Å². The third-order valence-corrected chi connectivity index (χ3v) is 5.79. The summed E-state index contributed by atoms with van der Waals surface area (Å²) in [5.41, 5.74) is 5.66. The van der Waals surface area contributed by atoms with E-state index in [-0.39, 0.29) is 29.8 Å². The second-order valence-corrected chi connectivity index (χ2v) is 7.51. The minimum absolute atomic E-state index is 0.0109. The third-order valence-electron chi connectivity index (χ3n) is 3.65. The predicted octanol–water partition coefficient (Wildman–Crippen LogP) is 1.84. The van der Waals surface area contributed by atoms with E-state index in [1.165, 1.54) is 10.4 Å². The van der Waals surface area contributed by atoms with Crippen LogP contribution >= 0.6 is 11.6 Å². The lowest BCUT2D eigenvalue weighted by molar-refractivity contribution is 0.202. The lowest BCUT2D eigenvalue weighted by Crippen LogP contribution is -2.40. The molecule has 2 rings (SSSR count). The Morgan fingerprint density at radius 1 is 1.48 bits per heavy atom. The molecule has 0 bridgehead atoms. The Hall–Kier alpha value is -0.890. The van der Waals surface area contributed by atoms with E-state index in [4.69, 9.17) is 22.4 Å². The normalized spacial score (nSPS) is 20.6. The maximum Gasteiger partial charge on any atom is 0.246 e. The van der Waals surface area contributed by atoms with Gasteiger partial charge in [0.1, 0.15) is 4.90 Å². The molecular formula is C13H18ClFN2O3S. The highest BCUT2D eigenvalue weighted by Gasteiger charge is 2.32. The molecule has 1 aromatic carbocycles. The smallest absolute Gasteiger partial charge is 0.246 e. The summed E-state index contributed by atoms with van der Waals surface area (Å²) >= 11 is 5.67. The highest BCUT2D eigenvalue weighted by molar-refractivity contribution is 7.89. The summed E-state index contributed by atoms with van der Waals surface area (Å²) in [5, 5.41) is 8.67. The molecule has 1 unspecified atom stereocenters. The van der Waals surface area contributed by atoms with Gasteiger partial charge in [0.2, 0.25) is 10.0 Å². The van der Waals surface area contributed by atoms with Crippen molar-refractivity contribution >= 4 is 27.3 Å². The predicted molar refractivity (Wildman–Crippen MR) is 79.0 cm³/mol. The van der Waals surface area contributed by atoms with Gasteiger partial charge in [-0.05, 0) is 37.3 Å². The molecule has 1 aliphatic rings. The molecule has 0 aromatic heterocycles. The number of anilines is 1. The van der Waals surface area contributed by atoms with Crippen LogP contribution in [0.5, 0.6) is 0 Å². The Balaban J connectivity index is 2.34. The van der Waals surface area contributed by atoms with Gasteiger partial charge in [0, 0.05) is 25.4 Å². The summed E-state index contributed by atoms with van der Waals surface area (Å²) < 4.78 is 40.4. The zero-order valence-corrected chi connectivity index (χ0v) is 13.0. The van der Waals surface area contributed by atoms with Gasteiger partial charge in [0.05, 0.1) is 5.02 Å². The minimum Gasteiger partial charge on any atom is -0.399 e. The Labute approximate surface area is 128 Å². The molecule has 1 atom stereocenters. The number of aliphatic hydroxyl groups excluding tert-OH is 1. The minimum atomic E-state index is -3.98. The summed E-state index contributed by atoms with van der Waals surface area (Å²) in [4.78, 5) is -0.489. The number of nitrogens with two attached hydrogens (primary N) is 1. The average Bonchev–Trinajstić information content (AvgIpc) is 2.43. The van der Waals surface area contributed by atoms with Crippen molar-refractivity contribution in [2.75, 3.05) is 25.4 Å². The number of nitrogen functional groups attached to an aromatic ring is 1. The second-order valence-electron chi connectivity index (χ2n) is 5.20. The van der Waals surface area contributed by atoms with Gasteiger partial charge in [-0.15, -0.1) is 0 Å². The molecule has 0 amide bonds. The number of nitrogens with zero attached hydrogens (tertiary/aromatic N) is 1. The van der Waals surface area contributed by atoms with Gasteiger partial charge in [-0.1, -0.05) is 11.6 Å². The third kappa shape index (κ3) is 3.48. The Kier molecular flexibility index (Phi) is 5.08. The largest absolute Gasteiger partial charge is 0.399 e. The first-order chi connectivity index (χ1) is 9.86. The first kappa shape index (κ1) is 16.5. The van der Waals surface area contributed by atoms with Gasteiger partial charge in [-0.3, -0.25) is 0 Å². The quantitative estimate of drug-likeness (QED) is 0.822. The number of aliphatic hydroxyl groups is 1. The average molecular weight is 337 g/mol. The van der Waals surface area contributed by atoms with Gasteiger partial charge in [0.15, 0.2) is 5.82 Å². The Bertz CT molecular complexity index is 622. The molecule has 1 heterocycles. The van der Waals surface area contributed by atoms with Crippen LogP contribution < -0.4 is 5.73 Å². The lowest BCUT2D eigenvalue weighted by Gasteiger charge is -2.31. The van der Waals surface area contributed by atoms with Gasteiger partial charge in [0.25, 0.3) is 0 Å². The van der Waals surface area contributed by atoms with Crippen LogP contribution in [-0.2, 0) is 10.0 Å². The number of halogens is 2. The monoisotopic (exact) mass is 336 g/mol. The number of hydrogen-bond donors (Lipinski definition) is 2. The molecule has 118 valence electrons. The number of rotatable bonds is 4. The summed E-state index contributed by atoms with van der Waals surface area (Å²) in [6, 6.07) is 2.27. The number of piperidine rings is 1. The molecule has 5 nitrogen and oxygen atoms in total. The molecule has 1 saturated heterocycles. The summed E-state index contributed by atoms with van der Waals surface area (Å²) in [6.07, 6.45) is 2.07. The van der Waals surface area contributed by atoms with Crippen LogP contribution in [0.4, 0.5) is 10.1 Å². The van der Waals surface area contributed by atoms with E-state index >= 15 is 0 Å².